The van der Waals surface area contributed by atoms with Crippen LogP contribution in [0.2, 0.25) is 0 Å². The van der Waals surface area contributed by atoms with Gasteiger partial charge >= 0.3 is 0 Å². The van der Waals surface area contributed by atoms with Gasteiger partial charge in [0, 0.05) is 5.92 Å². The number of aliphatic hydroxyl groups is 1. The lowest BCUT2D eigenvalue weighted by Gasteiger charge is -2.43. The van der Waals surface area contributed by atoms with Gasteiger partial charge in [-0.2, -0.15) is 0 Å². The summed E-state index contributed by atoms with van der Waals surface area (Å²) < 4.78 is 13.4. The van der Waals surface area contributed by atoms with Gasteiger partial charge in [-0.05, 0) is 61.5 Å². The van der Waals surface area contributed by atoms with Crippen molar-refractivity contribution in [1.82, 2.24) is 5.32 Å². The Morgan fingerprint density at radius 2 is 2.20 bits per heavy atom. The van der Waals surface area contributed by atoms with Crippen molar-refractivity contribution in [2.45, 2.75) is 51.6 Å². The van der Waals surface area contributed by atoms with E-state index >= 15 is 0 Å². The van der Waals surface area contributed by atoms with Crippen molar-refractivity contribution in [3.05, 3.63) is 35.1 Å². The molecule has 0 heterocycles. The van der Waals surface area contributed by atoms with Crippen LogP contribution in [0.25, 0.3) is 0 Å². The third-order valence-electron chi connectivity index (χ3n) is 4.50. The lowest BCUT2D eigenvalue weighted by atomic mass is 9.66. The predicted octanol–water partition coefficient (Wildman–Crippen LogP) is 3.24. The van der Waals surface area contributed by atoms with Crippen LogP contribution in [0.1, 0.15) is 50.7 Å². The Labute approximate surface area is 121 Å². The molecule has 0 saturated heterocycles. The Morgan fingerprint density at radius 1 is 1.45 bits per heavy atom. The van der Waals surface area contributed by atoms with E-state index in [1.54, 1.807) is 6.07 Å². The Balaban J connectivity index is 2.29. The molecule has 1 aliphatic carbocycles. The molecule has 0 fully saturated rings. The van der Waals surface area contributed by atoms with Crippen molar-refractivity contribution in [3.8, 4) is 0 Å². The second-order valence-corrected chi connectivity index (χ2v) is 6.27. The summed E-state index contributed by atoms with van der Waals surface area (Å²) in [5, 5.41) is 14.4. The molecule has 2 nitrogen and oxygen atoms in total. The molecule has 0 saturated carbocycles. The number of hydrogen-bond acceptors (Lipinski definition) is 2. The van der Waals surface area contributed by atoms with Crippen LogP contribution in [0.3, 0.4) is 0 Å². The second kappa shape index (κ2) is 6.23. The fourth-order valence-electron chi connectivity index (χ4n) is 3.63. The number of benzene rings is 1. The van der Waals surface area contributed by atoms with Crippen molar-refractivity contribution in [2.75, 3.05) is 13.1 Å². The van der Waals surface area contributed by atoms with E-state index in [4.69, 9.17) is 0 Å². The number of rotatable bonds is 5. The van der Waals surface area contributed by atoms with Gasteiger partial charge in [-0.3, -0.25) is 0 Å². The average Bonchev–Trinajstić information content (AvgIpc) is 2.39. The summed E-state index contributed by atoms with van der Waals surface area (Å²) >= 11 is 0. The van der Waals surface area contributed by atoms with E-state index in [1.165, 1.54) is 6.07 Å². The summed E-state index contributed by atoms with van der Waals surface area (Å²) in [6.07, 6.45) is 2.23. The van der Waals surface area contributed by atoms with Crippen LogP contribution >= 0.6 is 0 Å². The van der Waals surface area contributed by atoms with E-state index in [1.807, 2.05) is 6.07 Å². The average molecular weight is 279 g/mol. The van der Waals surface area contributed by atoms with E-state index in [-0.39, 0.29) is 11.7 Å². The molecule has 0 spiro atoms. The van der Waals surface area contributed by atoms with Gasteiger partial charge in [0.15, 0.2) is 0 Å². The highest BCUT2D eigenvalue weighted by Crippen LogP contribution is 2.45. The topological polar surface area (TPSA) is 32.3 Å². The molecule has 1 aliphatic rings. The highest BCUT2D eigenvalue weighted by atomic mass is 19.1. The van der Waals surface area contributed by atoms with Crippen LogP contribution < -0.4 is 5.32 Å². The Morgan fingerprint density at radius 3 is 2.85 bits per heavy atom. The van der Waals surface area contributed by atoms with Crippen molar-refractivity contribution in [1.29, 1.82) is 0 Å². The van der Waals surface area contributed by atoms with Crippen molar-refractivity contribution < 1.29 is 9.50 Å². The van der Waals surface area contributed by atoms with Gasteiger partial charge in [-0.1, -0.05) is 26.8 Å². The molecule has 1 aromatic rings. The number of fused-ring (bicyclic) bond motifs is 1. The minimum atomic E-state index is -0.679. The molecule has 2 rings (SSSR count). The van der Waals surface area contributed by atoms with Crippen molar-refractivity contribution in [3.63, 3.8) is 0 Å². The summed E-state index contributed by atoms with van der Waals surface area (Å²) in [4.78, 5) is 0. The third-order valence-corrected chi connectivity index (χ3v) is 4.50. The first kappa shape index (κ1) is 15.5. The molecule has 2 atom stereocenters. The normalized spacial score (nSPS) is 25.8. The van der Waals surface area contributed by atoms with Crippen LogP contribution in [-0.2, 0) is 6.42 Å². The smallest absolute Gasteiger partial charge is 0.123 e. The van der Waals surface area contributed by atoms with Crippen LogP contribution in [-0.4, -0.2) is 23.8 Å². The molecule has 1 aromatic carbocycles. The van der Waals surface area contributed by atoms with Gasteiger partial charge in [-0.15, -0.1) is 0 Å². The standard InChI is InChI=1S/C17H26FNO/c1-4-19-10-9-17(20)8-7-13-11-14(18)5-6-15(13)16(17)12(2)3/h5-6,11-12,16,19-20H,4,7-10H2,1-3H3/t16-,17-/m0/s1. The first-order valence-corrected chi connectivity index (χ1v) is 7.69. The summed E-state index contributed by atoms with van der Waals surface area (Å²) in [7, 11) is 0. The maximum atomic E-state index is 13.4. The zero-order valence-corrected chi connectivity index (χ0v) is 12.7. The molecular weight excluding hydrogens is 253 g/mol. The first-order chi connectivity index (χ1) is 9.48. The lowest BCUT2D eigenvalue weighted by molar-refractivity contribution is -0.0240. The van der Waals surface area contributed by atoms with Gasteiger partial charge in [0.2, 0.25) is 0 Å². The van der Waals surface area contributed by atoms with Crippen LogP contribution in [0.5, 0.6) is 0 Å². The third kappa shape index (κ3) is 3.04. The zero-order valence-electron chi connectivity index (χ0n) is 12.7. The number of aryl methyl sites for hydroxylation is 1. The number of nitrogens with one attached hydrogen (secondary N) is 1. The maximum Gasteiger partial charge on any atom is 0.123 e. The van der Waals surface area contributed by atoms with Crippen LogP contribution in [0, 0.1) is 11.7 Å². The van der Waals surface area contributed by atoms with E-state index in [0.717, 1.165) is 43.5 Å². The molecule has 0 amide bonds. The SMILES string of the molecule is CCNCC[C@@]1(O)CCc2cc(F)ccc2[C@@H]1C(C)C. The van der Waals surface area contributed by atoms with Gasteiger partial charge < -0.3 is 10.4 Å². The van der Waals surface area contributed by atoms with Crippen molar-refractivity contribution in [2.24, 2.45) is 5.92 Å². The molecule has 0 unspecified atom stereocenters. The monoisotopic (exact) mass is 279 g/mol. The molecule has 0 aromatic heterocycles. The zero-order chi connectivity index (χ0) is 14.8. The van der Waals surface area contributed by atoms with Gasteiger partial charge in [0.05, 0.1) is 5.60 Å². The van der Waals surface area contributed by atoms with Gasteiger partial charge in [0.25, 0.3) is 0 Å². The fourth-order valence-corrected chi connectivity index (χ4v) is 3.63. The summed E-state index contributed by atoms with van der Waals surface area (Å²) in [5.74, 6) is 0.251. The van der Waals surface area contributed by atoms with Gasteiger partial charge in [0.1, 0.15) is 5.82 Å². The molecule has 20 heavy (non-hydrogen) atoms. The highest BCUT2D eigenvalue weighted by Gasteiger charge is 2.42. The lowest BCUT2D eigenvalue weighted by Crippen LogP contribution is -2.44. The summed E-state index contributed by atoms with van der Waals surface area (Å²) in [6, 6.07) is 5.02. The molecule has 0 aliphatic heterocycles. The molecule has 0 radical (unpaired) electrons. The van der Waals surface area contributed by atoms with E-state index < -0.39 is 5.60 Å². The van der Waals surface area contributed by atoms with Crippen LogP contribution in [0.4, 0.5) is 4.39 Å². The molecule has 112 valence electrons. The Kier molecular flexibility index (Phi) is 4.82. The van der Waals surface area contributed by atoms with Gasteiger partial charge in [-0.25, -0.2) is 4.39 Å². The van der Waals surface area contributed by atoms with E-state index in [0.29, 0.717) is 5.92 Å². The quantitative estimate of drug-likeness (QED) is 0.811. The second-order valence-electron chi connectivity index (χ2n) is 6.27. The minimum Gasteiger partial charge on any atom is -0.389 e. The summed E-state index contributed by atoms with van der Waals surface area (Å²) in [5.41, 5.74) is 1.52. The maximum absolute atomic E-state index is 13.4. The largest absolute Gasteiger partial charge is 0.389 e. The minimum absolute atomic E-state index is 0.0884. The van der Waals surface area contributed by atoms with E-state index in [9.17, 15) is 9.50 Å². The molecular formula is C17H26FNO. The molecule has 2 N–H and O–H groups in total. The first-order valence-electron chi connectivity index (χ1n) is 7.69. The fraction of sp³-hybridized carbons (Fsp3) is 0.647. The number of halogens is 1. The number of hydrogen-bond donors (Lipinski definition) is 2. The van der Waals surface area contributed by atoms with E-state index in [2.05, 4.69) is 26.1 Å². The molecule has 0 bridgehead atoms. The summed E-state index contributed by atoms with van der Waals surface area (Å²) in [6.45, 7) is 8.10. The van der Waals surface area contributed by atoms with Crippen molar-refractivity contribution >= 4 is 0 Å². The van der Waals surface area contributed by atoms with Crippen LogP contribution in [0.15, 0.2) is 18.2 Å². The Hall–Kier alpha value is -0.930. The Bertz CT molecular complexity index is 460. The predicted molar refractivity (Wildman–Crippen MR) is 80.4 cm³/mol. The highest BCUT2D eigenvalue weighted by molar-refractivity contribution is 5.36. The molecule has 3 heteroatoms.